The first-order valence-electron chi connectivity index (χ1n) is 6.75. The zero-order valence-electron chi connectivity index (χ0n) is 12.1. The molecule has 1 fully saturated rings. The number of hydrogen-bond donors (Lipinski definition) is 0. The first-order chi connectivity index (χ1) is 10.9. The molecule has 1 aliphatic rings. The molecule has 1 aromatic carbocycles. The van der Waals surface area contributed by atoms with Crippen molar-refractivity contribution in [2.75, 3.05) is 19.7 Å². The van der Waals surface area contributed by atoms with Crippen LogP contribution in [0.4, 0.5) is 0 Å². The molecule has 1 aliphatic heterocycles. The van der Waals surface area contributed by atoms with Gasteiger partial charge in [0.2, 0.25) is 21.8 Å². The predicted octanol–water partition coefficient (Wildman–Crippen LogP) is 2.45. The van der Waals surface area contributed by atoms with Crippen molar-refractivity contribution in [3.05, 3.63) is 40.0 Å². The van der Waals surface area contributed by atoms with Gasteiger partial charge in [-0.3, -0.25) is 0 Å². The first-order valence-corrected chi connectivity index (χ1v) is 8.95. The van der Waals surface area contributed by atoms with Crippen LogP contribution in [0.25, 0.3) is 0 Å². The third-order valence-corrected chi connectivity index (χ3v) is 6.22. The van der Waals surface area contributed by atoms with Crippen LogP contribution in [-0.4, -0.2) is 42.6 Å². The quantitative estimate of drug-likeness (QED) is 0.816. The first kappa shape index (κ1) is 16.7. The van der Waals surface area contributed by atoms with E-state index in [-0.39, 0.29) is 40.5 Å². The van der Waals surface area contributed by atoms with Gasteiger partial charge in [0.05, 0.1) is 16.7 Å². The van der Waals surface area contributed by atoms with E-state index in [1.807, 2.05) is 0 Å². The van der Waals surface area contributed by atoms with E-state index in [4.69, 9.17) is 32.4 Å². The maximum absolute atomic E-state index is 12.8. The van der Waals surface area contributed by atoms with Gasteiger partial charge in [-0.05, 0) is 12.1 Å². The van der Waals surface area contributed by atoms with Gasteiger partial charge >= 0.3 is 0 Å². The zero-order valence-corrected chi connectivity index (χ0v) is 14.4. The van der Waals surface area contributed by atoms with Crippen LogP contribution in [0, 0.1) is 6.92 Å². The number of rotatable bonds is 3. The number of aromatic nitrogens is 2. The van der Waals surface area contributed by atoms with Gasteiger partial charge in [0, 0.05) is 20.0 Å². The van der Waals surface area contributed by atoms with Crippen molar-refractivity contribution < 1.29 is 17.6 Å². The molecule has 1 saturated heterocycles. The van der Waals surface area contributed by atoms with Gasteiger partial charge in [-0.1, -0.05) is 29.3 Å². The lowest BCUT2D eigenvalue weighted by Gasteiger charge is -2.30. The van der Waals surface area contributed by atoms with Gasteiger partial charge in [0.15, 0.2) is 0 Å². The van der Waals surface area contributed by atoms with Crippen LogP contribution in [0.1, 0.15) is 17.9 Å². The van der Waals surface area contributed by atoms with E-state index in [1.54, 1.807) is 13.0 Å². The minimum absolute atomic E-state index is 0.00541. The Morgan fingerprint density at radius 1 is 1.30 bits per heavy atom. The molecule has 0 bridgehead atoms. The van der Waals surface area contributed by atoms with Gasteiger partial charge in [-0.25, -0.2) is 8.42 Å². The summed E-state index contributed by atoms with van der Waals surface area (Å²) < 4.78 is 37.7. The second-order valence-corrected chi connectivity index (χ2v) is 7.63. The van der Waals surface area contributed by atoms with Gasteiger partial charge < -0.3 is 9.15 Å². The summed E-state index contributed by atoms with van der Waals surface area (Å²) in [6.07, 6.45) is -0.613. The van der Waals surface area contributed by atoms with Gasteiger partial charge in [-0.15, -0.1) is 10.2 Å². The fourth-order valence-electron chi connectivity index (χ4n) is 2.26. The SMILES string of the molecule is Cc1nnc([C@H]2CN(S(=O)(=O)c3cccc(Cl)c3Cl)CCO2)o1. The molecule has 3 rings (SSSR count). The summed E-state index contributed by atoms with van der Waals surface area (Å²) in [5.41, 5.74) is 0. The number of morpholine rings is 1. The maximum atomic E-state index is 12.8. The molecule has 0 saturated carbocycles. The van der Waals surface area contributed by atoms with Gasteiger partial charge in [-0.2, -0.15) is 4.31 Å². The van der Waals surface area contributed by atoms with Crippen molar-refractivity contribution >= 4 is 33.2 Å². The van der Waals surface area contributed by atoms with Crippen LogP contribution in [0.2, 0.25) is 10.0 Å². The summed E-state index contributed by atoms with van der Waals surface area (Å²) in [4.78, 5) is -0.0333. The molecule has 1 atom stereocenters. The van der Waals surface area contributed by atoms with Gasteiger partial charge in [0.1, 0.15) is 11.0 Å². The second-order valence-electron chi connectivity index (χ2n) is 4.93. The van der Waals surface area contributed by atoms with Crippen molar-refractivity contribution in [1.29, 1.82) is 0 Å². The highest BCUT2D eigenvalue weighted by atomic mass is 35.5. The molecule has 7 nitrogen and oxygen atoms in total. The molecule has 1 aromatic heterocycles. The lowest BCUT2D eigenvalue weighted by atomic mass is 10.3. The van der Waals surface area contributed by atoms with Crippen molar-refractivity contribution in [1.82, 2.24) is 14.5 Å². The second kappa shape index (κ2) is 6.37. The van der Waals surface area contributed by atoms with Crippen molar-refractivity contribution in [2.24, 2.45) is 0 Å². The summed E-state index contributed by atoms with van der Waals surface area (Å²) in [7, 11) is -3.80. The summed E-state index contributed by atoms with van der Waals surface area (Å²) in [5, 5.41) is 7.80. The molecular weight excluding hydrogens is 365 g/mol. The van der Waals surface area contributed by atoms with Crippen molar-refractivity contribution in [2.45, 2.75) is 17.9 Å². The summed E-state index contributed by atoms with van der Waals surface area (Å²) in [6.45, 7) is 2.13. The summed E-state index contributed by atoms with van der Waals surface area (Å²) in [5.74, 6) is 0.640. The Labute approximate surface area is 143 Å². The Morgan fingerprint density at radius 3 is 2.78 bits per heavy atom. The van der Waals surface area contributed by atoms with E-state index in [2.05, 4.69) is 10.2 Å². The van der Waals surface area contributed by atoms with Crippen LogP contribution in [0.15, 0.2) is 27.5 Å². The molecule has 0 unspecified atom stereocenters. The van der Waals surface area contributed by atoms with E-state index in [0.717, 1.165) is 0 Å². The largest absolute Gasteiger partial charge is 0.423 e. The fourth-order valence-corrected chi connectivity index (χ4v) is 4.42. The number of benzene rings is 1. The Kier molecular flexibility index (Phi) is 4.61. The average Bonchev–Trinajstić information content (AvgIpc) is 2.96. The van der Waals surface area contributed by atoms with Crippen LogP contribution in [0.3, 0.4) is 0 Å². The molecule has 2 aromatic rings. The highest BCUT2D eigenvalue weighted by Crippen LogP contribution is 2.33. The van der Waals surface area contributed by atoms with Crippen molar-refractivity contribution in [3.63, 3.8) is 0 Å². The number of sulfonamides is 1. The van der Waals surface area contributed by atoms with Crippen LogP contribution in [-0.2, 0) is 14.8 Å². The monoisotopic (exact) mass is 377 g/mol. The molecule has 124 valence electrons. The van der Waals surface area contributed by atoms with Crippen LogP contribution < -0.4 is 0 Å². The van der Waals surface area contributed by atoms with E-state index in [1.165, 1.54) is 16.4 Å². The molecule has 0 N–H and O–H groups in total. The fraction of sp³-hybridized carbons (Fsp3) is 0.385. The molecule has 10 heteroatoms. The minimum Gasteiger partial charge on any atom is -0.423 e. The average molecular weight is 378 g/mol. The summed E-state index contributed by atoms with van der Waals surface area (Å²) in [6, 6.07) is 4.50. The molecule has 0 spiro atoms. The molecule has 0 aliphatic carbocycles. The molecule has 0 radical (unpaired) electrons. The Bertz CT molecular complexity index is 824. The van der Waals surface area contributed by atoms with E-state index < -0.39 is 16.1 Å². The highest BCUT2D eigenvalue weighted by molar-refractivity contribution is 7.89. The number of ether oxygens (including phenoxy) is 1. The Balaban J connectivity index is 1.89. The maximum Gasteiger partial charge on any atom is 0.246 e. The highest BCUT2D eigenvalue weighted by Gasteiger charge is 2.35. The topological polar surface area (TPSA) is 85.5 Å². The number of aryl methyl sites for hydroxylation is 1. The normalized spacial score (nSPS) is 19.9. The predicted molar refractivity (Wildman–Crippen MR) is 82.9 cm³/mol. The lowest BCUT2D eigenvalue weighted by Crippen LogP contribution is -2.42. The van der Waals surface area contributed by atoms with E-state index in [0.29, 0.717) is 5.89 Å². The van der Waals surface area contributed by atoms with E-state index >= 15 is 0 Å². The lowest BCUT2D eigenvalue weighted by molar-refractivity contribution is -0.0176. The van der Waals surface area contributed by atoms with Gasteiger partial charge in [0.25, 0.3) is 0 Å². The van der Waals surface area contributed by atoms with Crippen LogP contribution >= 0.6 is 23.2 Å². The number of nitrogens with zero attached hydrogens (tertiary/aromatic N) is 3. The van der Waals surface area contributed by atoms with Crippen LogP contribution in [0.5, 0.6) is 0 Å². The third-order valence-electron chi connectivity index (χ3n) is 3.38. The molecule has 23 heavy (non-hydrogen) atoms. The zero-order chi connectivity index (χ0) is 16.6. The molecule has 0 amide bonds. The number of halogens is 2. The minimum atomic E-state index is -3.80. The Morgan fingerprint density at radius 2 is 2.09 bits per heavy atom. The van der Waals surface area contributed by atoms with E-state index in [9.17, 15) is 8.42 Å². The molecule has 2 heterocycles. The molecular formula is C13H13Cl2N3O4S. The number of hydrogen-bond acceptors (Lipinski definition) is 6. The smallest absolute Gasteiger partial charge is 0.246 e. The standard InChI is InChI=1S/C13H13Cl2N3O4S/c1-8-16-17-13(22-8)10-7-18(5-6-21-10)23(19,20)11-4-2-3-9(14)12(11)15/h2-4,10H,5-7H2,1H3/t10-/m1/s1. The summed E-state index contributed by atoms with van der Waals surface area (Å²) >= 11 is 12.0. The third kappa shape index (κ3) is 3.22. The van der Waals surface area contributed by atoms with Crippen molar-refractivity contribution in [3.8, 4) is 0 Å². The Hall–Kier alpha value is -1.19.